The molecule has 0 aliphatic carbocycles. The first-order valence-electron chi connectivity index (χ1n) is 5.89. The fourth-order valence-electron chi connectivity index (χ4n) is 1.71. The lowest BCUT2D eigenvalue weighted by Crippen LogP contribution is -1.93. The monoisotopic (exact) mass is 384 g/mol. The zero-order valence-corrected chi connectivity index (χ0v) is 13.8. The Morgan fingerprint density at radius 3 is 2.32 bits per heavy atom. The van der Waals surface area contributed by atoms with Crippen LogP contribution in [-0.4, -0.2) is 5.11 Å². The van der Waals surface area contributed by atoms with E-state index >= 15 is 0 Å². The van der Waals surface area contributed by atoms with Gasteiger partial charge in [-0.15, -0.1) is 0 Å². The predicted octanol–water partition coefficient (Wildman–Crippen LogP) is 5.37. The largest absolute Gasteiger partial charge is 0.456 e. The van der Waals surface area contributed by atoms with Crippen molar-refractivity contribution in [1.29, 1.82) is 0 Å². The van der Waals surface area contributed by atoms with Crippen molar-refractivity contribution >= 4 is 31.9 Å². The van der Waals surface area contributed by atoms with Gasteiger partial charge in [0.25, 0.3) is 0 Å². The van der Waals surface area contributed by atoms with Gasteiger partial charge in [-0.05, 0) is 71.2 Å². The molecule has 0 bridgehead atoms. The summed E-state index contributed by atoms with van der Waals surface area (Å²) in [5.74, 6) is 1.54. The van der Waals surface area contributed by atoms with Crippen molar-refractivity contribution in [3.8, 4) is 11.5 Å². The zero-order valence-electron chi connectivity index (χ0n) is 10.7. The topological polar surface area (TPSA) is 29.5 Å². The van der Waals surface area contributed by atoms with Crippen molar-refractivity contribution in [2.24, 2.45) is 0 Å². The van der Waals surface area contributed by atoms with Gasteiger partial charge in [0.2, 0.25) is 0 Å². The van der Waals surface area contributed by atoms with Crippen LogP contribution in [0.15, 0.2) is 45.3 Å². The summed E-state index contributed by atoms with van der Waals surface area (Å²) >= 11 is 6.90. The molecular formula is C15H14Br2O2. The maximum Gasteiger partial charge on any atom is 0.141 e. The second kappa shape index (κ2) is 6.07. The molecule has 0 amide bonds. The third-order valence-corrected chi connectivity index (χ3v) is 3.91. The first kappa shape index (κ1) is 14.6. The third-order valence-electron chi connectivity index (χ3n) is 2.80. The Bertz CT molecular complexity index is 595. The van der Waals surface area contributed by atoms with Gasteiger partial charge >= 0.3 is 0 Å². The van der Waals surface area contributed by atoms with Gasteiger partial charge < -0.3 is 9.84 Å². The number of aliphatic hydroxyl groups is 1. The minimum Gasteiger partial charge on any atom is -0.456 e. The molecule has 0 radical (unpaired) electrons. The van der Waals surface area contributed by atoms with E-state index in [1.165, 1.54) is 0 Å². The molecule has 1 unspecified atom stereocenters. The molecule has 2 rings (SSSR count). The molecule has 0 heterocycles. The maximum atomic E-state index is 9.54. The Morgan fingerprint density at radius 2 is 1.74 bits per heavy atom. The lowest BCUT2D eigenvalue weighted by Gasteiger charge is -2.12. The van der Waals surface area contributed by atoms with E-state index in [-0.39, 0.29) is 0 Å². The van der Waals surface area contributed by atoms with E-state index in [2.05, 4.69) is 31.9 Å². The molecule has 0 aliphatic rings. The first-order valence-corrected chi connectivity index (χ1v) is 7.47. The second-order valence-electron chi connectivity index (χ2n) is 4.38. The zero-order chi connectivity index (χ0) is 14.0. The predicted molar refractivity (Wildman–Crippen MR) is 83.7 cm³/mol. The molecule has 2 nitrogen and oxygen atoms in total. The van der Waals surface area contributed by atoms with Crippen LogP contribution < -0.4 is 4.74 Å². The summed E-state index contributed by atoms with van der Waals surface area (Å²) in [5.41, 5.74) is 1.91. The van der Waals surface area contributed by atoms with Crippen LogP contribution >= 0.6 is 31.9 Å². The van der Waals surface area contributed by atoms with Crippen LogP contribution in [0.25, 0.3) is 0 Å². The van der Waals surface area contributed by atoms with E-state index in [1.54, 1.807) is 6.92 Å². The van der Waals surface area contributed by atoms with Crippen LogP contribution in [0.1, 0.15) is 24.2 Å². The molecule has 100 valence electrons. The van der Waals surface area contributed by atoms with Crippen molar-refractivity contribution in [2.45, 2.75) is 20.0 Å². The number of benzene rings is 2. The van der Waals surface area contributed by atoms with Crippen molar-refractivity contribution in [3.63, 3.8) is 0 Å². The Balaban J connectivity index is 2.28. The second-order valence-corrected chi connectivity index (χ2v) is 6.15. The van der Waals surface area contributed by atoms with Crippen molar-refractivity contribution in [2.75, 3.05) is 0 Å². The van der Waals surface area contributed by atoms with E-state index in [1.807, 2.05) is 43.3 Å². The summed E-state index contributed by atoms with van der Waals surface area (Å²) in [7, 11) is 0. The normalized spacial score (nSPS) is 12.3. The van der Waals surface area contributed by atoms with Gasteiger partial charge in [0.05, 0.1) is 10.6 Å². The fraction of sp³-hybridized carbons (Fsp3) is 0.200. The molecule has 0 spiro atoms. The van der Waals surface area contributed by atoms with E-state index in [9.17, 15) is 5.11 Å². The van der Waals surface area contributed by atoms with Crippen LogP contribution in [0.4, 0.5) is 0 Å². The van der Waals surface area contributed by atoms with Crippen LogP contribution in [0.5, 0.6) is 11.5 Å². The van der Waals surface area contributed by atoms with Crippen molar-refractivity contribution in [1.82, 2.24) is 0 Å². The molecular weight excluding hydrogens is 372 g/mol. The lowest BCUT2D eigenvalue weighted by molar-refractivity contribution is 0.199. The molecule has 0 saturated carbocycles. The molecule has 4 heteroatoms. The summed E-state index contributed by atoms with van der Waals surface area (Å²) in [6.45, 7) is 3.74. The van der Waals surface area contributed by atoms with Gasteiger partial charge in [-0.3, -0.25) is 0 Å². The van der Waals surface area contributed by atoms with Crippen LogP contribution in [0.3, 0.4) is 0 Å². The smallest absolute Gasteiger partial charge is 0.141 e. The summed E-state index contributed by atoms with van der Waals surface area (Å²) in [6.07, 6.45) is -0.486. The van der Waals surface area contributed by atoms with E-state index in [4.69, 9.17) is 4.74 Å². The molecule has 19 heavy (non-hydrogen) atoms. The van der Waals surface area contributed by atoms with Crippen LogP contribution in [0.2, 0.25) is 0 Å². The molecule has 0 saturated heterocycles. The van der Waals surface area contributed by atoms with Gasteiger partial charge in [-0.2, -0.15) is 0 Å². The number of ether oxygens (including phenoxy) is 1. The SMILES string of the molecule is Cc1cc(Br)ccc1Oc1ccc(C(C)O)cc1Br. The average molecular weight is 386 g/mol. The van der Waals surface area contributed by atoms with Crippen molar-refractivity contribution < 1.29 is 9.84 Å². The number of aliphatic hydroxyl groups excluding tert-OH is 1. The summed E-state index contributed by atoms with van der Waals surface area (Å²) in [5, 5.41) is 9.54. The molecule has 2 aromatic rings. The van der Waals surface area contributed by atoms with Gasteiger partial charge in [0.1, 0.15) is 11.5 Å². The highest BCUT2D eigenvalue weighted by atomic mass is 79.9. The third kappa shape index (κ3) is 3.59. The highest BCUT2D eigenvalue weighted by Gasteiger charge is 2.08. The van der Waals surface area contributed by atoms with E-state index in [0.29, 0.717) is 0 Å². The lowest BCUT2D eigenvalue weighted by atomic mass is 10.1. The Kier molecular flexibility index (Phi) is 4.66. The molecule has 1 N–H and O–H groups in total. The van der Waals surface area contributed by atoms with Gasteiger partial charge in [-0.1, -0.05) is 22.0 Å². The quantitative estimate of drug-likeness (QED) is 0.769. The summed E-state index contributed by atoms with van der Waals surface area (Å²) in [6, 6.07) is 11.5. The van der Waals surface area contributed by atoms with Crippen LogP contribution in [-0.2, 0) is 0 Å². The number of hydrogen-bond acceptors (Lipinski definition) is 2. The van der Waals surface area contributed by atoms with E-state index < -0.39 is 6.10 Å². The summed E-state index contributed by atoms with van der Waals surface area (Å²) < 4.78 is 7.74. The summed E-state index contributed by atoms with van der Waals surface area (Å²) in [4.78, 5) is 0. The highest BCUT2D eigenvalue weighted by Crippen LogP contribution is 2.34. The number of halogens is 2. The standard InChI is InChI=1S/C15H14Br2O2/c1-9-7-12(16)4-6-14(9)19-15-5-3-11(10(2)18)8-13(15)17/h3-8,10,18H,1-2H3. The van der Waals surface area contributed by atoms with Crippen molar-refractivity contribution in [3.05, 3.63) is 56.5 Å². The fourth-order valence-corrected chi connectivity index (χ4v) is 2.66. The molecule has 0 fully saturated rings. The Hall–Kier alpha value is -0.840. The number of aryl methyl sites for hydroxylation is 1. The minimum absolute atomic E-state index is 0.486. The van der Waals surface area contributed by atoms with Gasteiger partial charge in [0.15, 0.2) is 0 Å². The van der Waals surface area contributed by atoms with Crippen LogP contribution in [0, 0.1) is 6.92 Å². The van der Waals surface area contributed by atoms with E-state index in [0.717, 1.165) is 31.6 Å². The Morgan fingerprint density at radius 1 is 1.05 bits per heavy atom. The molecule has 0 aromatic heterocycles. The number of rotatable bonds is 3. The Labute approximate surface area is 129 Å². The minimum atomic E-state index is -0.486. The molecule has 2 aromatic carbocycles. The van der Waals surface area contributed by atoms with Gasteiger partial charge in [-0.25, -0.2) is 0 Å². The molecule has 1 atom stereocenters. The average Bonchev–Trinajstić information content (AvgIpc) is 2.34. The number of hydrogen-bond donors (Lipinski definition) is 1. The molecule has 0 aliphatic heterocycles. The highest BCUT2D eigenvalue weighted by molar-refractivity contribution is 9.10. The maximum absolute atomic E-state index is 9.54. The first-order chi connectivity index (χ1) is 8.97. The van der Waals surface area contributed by atoms with Gasteiger partial charge in [0, 0.05) is 4.47 Å².